The fraction of sp³-hybridized carbons (Fsp3) is 0.333. The Kier molecular flexibility index (Phi) is 2.93. The molecule has 0 aromatic heterocycles. The average molecular weight is 150 g/mol. The van der Waals surface area contributed by atoms with Gasteiger partial charge < -0.3 is 5.01 Å². The third-order valence-corrected chi connectivity index (χ3v) is 1.70. The van der Waals surface area contributed by atoms with Crippen molar-refractivity contribution in [1.82, 2.24) is 10.4 Å². The van der Waals surface area contributed by atoms with E-state index >= 15 is 0 Å². The first kappa shape index (κ1) is 8.08. The molecule has 0 fully saturated rings. The number of allylic oxidation sites excluding steroid dienone is 5. The van der Waals surface area contributed by atoms with Crippen molar-refractivity contribution >= 4 is 0 Å². The zero-order valence-corrected chi connectivity index (χ0v) is 7.04. The summed E-state index contributed by atoms with van der Waals surface area (Å²) in [5, 5.41) is 1.99. The predicted octanol–water partition coefficient (Wildman–Crippen LogP) is 1.45. The second-order valence-electron chi connectivity index (χ2n) is 2.43. The first-order valence-corrected chi connectivity index (χ1v) is 3.79. The maximum absolute atomic E-state index is 3.05. The molecule has 0 spiro atoms. The molecule has 0 saturated carbocycles. The normalized spacial score (nSPS) is 16.0. The summed E-state index contributed by atoms with van der Waals surface area (Å²) in [5.41, 5.74) is 4.25. The highest BCUT2D eigenvalue weighted by Crippen LogP contribution is 2.06. The molecular weight excluding hydrogens is 136 g/mol. The van der Waals surface area contributed by atoms with Gasteiger partial charge in [0.2, 0.25) is 0 Å². The SMILES string of the molecule is CNN(C)C1=CCC=CC=C1. The molecule has 2 heteroatoms. The minimum absolute atomic E-state index is 1.01. The number of hydrazine groups is 1. The van der Waals surface area contributed by atoms with Gasteiger partial charge in [0.05, 0.1) is 0 Å². The van der Waals surface area contributed by atoms with Crippen LogP contribution in [-0.4, -0.2) is 19.1 Å². The summed E-state index contributed by atoms with van der Waals surface area (Å²) in [5.74, 6) is 0. The number of hydrogen-bond acceptors (Lipinski definition) is 2. The van der Waals surface area contributed by atoms with Gasteiger partial charge in [-0.3, -0.25) is 0 Å². The number of nitrogens with one attached hydrogen (secondary N) is 1. The van der Waals surface area contributed by atoms with Crippen molar-refractivity contribution in [3.63, 3.8) is 0 Å². The number of nitrogens with zero attached hydrogens (tertiary/aromatic N) is 1. The van der Waals surface area contributed by atoms with Gasteiger partial charge in [0.1, 0.15) is 0 Å². The van der Waals surface area contributed by atoms with Gasteiger partial charge in [0.25, 0.3) is 0 Å². The topological polar surface area (TPSA) is 15.3 Å². The van der Waals surface area contributed by atoms with Gasteiger partial charge in [-0.2, -0.15) is 0 Å². The molecule has 0 saturated heterocycles. The first-order chi connectivity index (χ1) is 5.34. The van der Waals surface area contributed by atoms with E-state index in [1.807, 2.05) is 25.2 Å². The monoisotopic (exact) mass is 150 g/mol. The van der Waals surface area contributed by atoms with E-state index in [0.29, 0.717) is 0 Å². The minimum Gasteiger partial charge on any atom is -0.312 e. The quantitative estimate of drug-likeness (QED) is 0.599. The van der Waals surface area contributed by atoms with E-state index in [9.17, 15) is 0 Å². The Balaban J connectivity index is 2.64. The number of hydrogen-bond donors (Lipinski definition) is 1. The smallest absolute Gasteiger partial charge is 0.0479 e. The van der Waals surface area contributed by atoms with Crippen molar-refractivity contribution in [1.29, 1.82) is 0 Å². The molecule has 0 aromatic carbocycles. The van der Waals surface area contributed by atoms with Crippen molar-refractivity contribution in [2.75, 3.05) is 14.1 Å². The Bertz CT molecular complexity index is 202. The van der Waals surface area contributed by atoms with E-state index in [-0.39, 0.29) is 0 Å². The fourth-order valence-electron chi connectivity index (χ4n) is 0.946. The summed E-state index contributed by atoms with van der Waals surface area (Å²) in [4.78, 5) is 0. The molecule has 1 rings (SSSR count). The lowest BCUT2D eigenvalue weighted by atomic mass is 10.3. The van der Waals surface area contributed by atoms with Gasteiger partial charge in [-0.1, -0.05) is 24.3 Å². The van der Waals surface area contributed by atoms with Crippen LogP contribution in [0.3, 0.4) is 0 Å². The van der Waals surface area contributed by atoms with E-state index in [2.05, 4.69) is 29.7 Å². The molecule has 0 atom stereocenters. The molecule has 11 heavy (non-hydrogen) atoms. The summed E-state index contributed by atoms with van der Waals surface area (Å²) in [6.45, 7) is 0. The molecule has 1 aliphatic carbocycles. The first-order valence-electron chi connectivity index (χ1n) is 3.79. The molecule has 1 aliphatic rings. The zero-order chi connectivity index (χ0) is 8.10. The van der Waals surface area contributed by atoms with E-state index in [1.165, 1.54) is 5.70 Å². The van der Waals surface area contributed by atoms with Crippen LogP contribution in [-0.2, 0) is 0 Å². The van der Waals surface area contributed by atoms with Crippen LogP contribution in [0.2, 0.25) is 0 Å². The maximum atomic E-state index is 3.05. The van der Waals surface area contributed by atoms with Gasteiger partial charge in [-0.25, -0.2) is 5.43 Å². The van der Waals surface area contributed by atoms with Gasteiger partial charge in [-0.15, -0.1) is 0 Å². The molecule has 0 bridgehead atoms. The van der Waals surface area contributed by atoms with Crippen molar-refractivity contribution in [2.24, 2.45) is 0 Å². The molecule has 2 nitrogen and oxygen atoms in total. The number of rotatable bonds is 2. The highest BCUT2D eigenvalue weighted by Gasteiger charge is 1.96. The molecule has 0 unspecified atom stereocenters. The van der Waals surface area contributed by atoms with Crippen LogP contribution in [0.1, 0.15) is 6.42 Å². The van der Waals surface area contributed by atoms with Gasteiger partial charge >= 0.3 is 0 Å². The Morgan fingerprint density at radius 3 is 3.00 bits per heavy atom. The highest BCUT2D eigenvalue weighted by atomic mass is 15.5. The van der Waals surface area contributed by atoms with E-state index in [1.54, 1.807) is 0 Å². The lowest BCUT2D eigenvalue weighted by Gasteiger charge is -2.17. The predicted molar refractivity (Wildman–Crippen MR) is 47.8 cm³/mol. The summed E-state index contributed by atoms with van der Waals surface area (Å²) < 4.78 is 0. The third kappa shape index (κ3) is 2.24. The second kappa shape index (κ2) is 3.98. The number of likely N-dealkylation sites (N-methyl/N-ethyl adjacent to an activating group) is 1. The molecule has 0 heterocycles. The summed E-state index contributed by atoms with van der Waals surface area (Å²) in [7, 11) is 3.91. The molecule has 60 valence electrons. The lowest BCUT2D eigenvalue weighted by Crippen LogP contribution is -2.29. The summed E-state index contributed by atoms with van der Waals surface area (Å²) >= 11 is 0. The van der Waals surface area contributed by atoms with Gasteiger partial charge in [0, 0.05) is 19.8 Å². The Hall–Kier alpha value is -1.02. The van der Waals surface area contributed by atoms with E-state index in [0.717, 1.165) is 6.42 Å². The van der Waals surface area contributed by atoms with Crippen LogP contribution < -0.4 is 5.43 Å². The minimum atomic E-state index is 1.01. The summed E-state index contributed by atoms with van der Waals surface area (Å²) in [6, 6.07) is 0. The second-order valence-corrected chi connectivity index (χ2v) is 2.43. The van der Waals surface area contributed by atoms with Crippen LogP contribution in [0.25, 0.3) is 0 Å². The molecule has 1 N–H and O–H groups in total. The largest absolute Gasteiger partial charge is 0.312 e. The van der Waals surface area contributed by atoms with Crippen LogP contribution >= 0.6 is 0 Å². The highest BCUT2D eigenvalue weighted by molar-refractivity contribution is 5.24. The van der Waals surface area contributed by atoms with Crippen molar-refractivity contribution in [2.45, 2.75) is 6.42 Å². The fourth-order valence-corrected chi connectivity index (χ4v) is 0.946. The van der Waals surface area contributed by atoms with Crippen LogP contribution in [0.4, 0.5) is 0 Å². The van der Waals surface area contributed by atoms with Crippen LogP contribution in [0, 0.1) is 0 Å². The van der Waals surface area contributed by atoms with E-state index in [4.69, 9.17) is 0 Å². The van der Waals surface area contributed by atoms with Gasteiger partial charge in [0.15, 0.2) is 0 Å². The zero-order valence-electron chi connectivity index (χ0n) is 7.04. The lowest BCUT2D eigenvalue weighted by molar-refractivity contribution is 0.342. The van der Waals surface area contributed by atoms with Crippen molar-refractivity contribution < 1.29 is 0 Å². The van der Waals surface area contributed by atoms with Crippen LogP contribution in [0.15, 0.2) is 36.1 Å². The maximum Gasteiger partial charge on any atom is 0.0479 e. The molecule has 0 amide bonds. The molecule has 0 aliphatic heterocycles. The Labute approximate surface area is 67.9 Å². The standard InChI is InChI=1S/C9H14N2/c1-10-11(2)9-7-5-3-4-6-8-9/h3-5,7-8,10H,6H2,1-2H3. The molecule has 0 radical (unpaired) electrons. The van der Waals surface area contributed by atoms with Crippen molar-refractivity contribution in [3.8, 4) is 0 Å². The van der Waals surface area contributed by atoms with E-state index < -0.39 is 0 Å². The van der Waals surface area contributed by atoms with Crippen molar-refractivity contribution in [3.05, 3.63) is 36.1 Å². The Morgan fingerprint density at radius 2 is 2.27 bits per heavy atom. The Morgan fingerprint density at radius 1 is 1.45 bits per heavy atom. The third-order valence-electron chi connectivity index (χ3n) is 1.70. The molecular formula is C9H14N2. The van der Waals surface area contributed by atoms with Crippen LogP contribution in [0.5, 0.6) is 0 Å². The molecule has 0 aromatic rings. The summed E-state index contributed by atoms with van der Waals surface area (Å²) in [6.07, 6.45) is 11.5. The average Bonchev–Trinajstić information content (AvgIpc) is 2.30. The van der Waals surface area contributed by atoms with Gasteiger partial charge in [-0.05, 0) is 12.5 Å².